The fraction of sp³-hybridized carbons (Fsp3) is 0.188. The van der Waals surface area contributed by atoms with E-state index in [9.17, 15) is 0 Å². The van der Waals surface area contributed by atoms with Crippen LogP contribution in [0.2, 0.25) is 0 Å². The van der Waals surface area contributed by atoms with Gasteiger partial charge in [0.2, 0.25) is 0 Å². The molecule has 0 bridgehead atoms. The molecule has 4 heteroatoms. The van der Waals surface area contributed by atoms with E-state index in [4.69, 9.17) is 5.10 Å². The third kappa shape index (κ3) is 2.54. The monoisotopic (exact) mass is 283 g/mol. The summed E-state index contributed by atoms with van der Waals surface area (Å²) in [5.74, 6) is 1.46. The third-order valence-corrected chi connectivity index (χ3v) is 5.07. The fourth-order valence-corrected chi connectivity index (χ4v) is 4.01. The number of benzene rings is 2. The van der Waals surface area contributed by atoms with Gasteiger partial charge in [-0.15, -0.1) is 0 Å². The van der Waals surface area contributed by atoms with E-state index in [0.29, 0.717) is 5.92 Å². The first-order chi connectivity index (χ1) is 9.75. The van der Waals surface area contributed by atoms with Crippen LogP contribution in [0, 0.1) is 5.92 Å². The van der Waals surface area contributed by atoms with Crippen LogP contribution >= 0.6 is 8.22 Å². The molecule has 0 amide bonds. The van der Waals surface area contributed by atoms with E-state index in [0.717, 1.165) is 11.5 Å². The summed E-state index contributed by atoms with van der Waals surface area (Å²) in [6.45, 7) is 4.33. The Morgan fingerprint density at radius 3 is 2.15 bits per heavy atom. The number of nitrogens with zero attached hydrogens (tertiary/aromatic N) is 2. The van der Waals surface area contributed by atoms with Gasteiger partial charge in [-0.1, -0.05) is 62.4 Å². The van der Waals surface area contributed by atoms with E-state index in [2.05, 4.69) is 72.2 Å². The average molecular weight is 283 g/mol. The van der Waals surface area contributed by atoms with Crippen LogP contribution in [0.4, 0.5) is 5.69 Å². The Labute approximate surface area is 121 Å². The Morgan fingerprint density at radius 1 is 0.950 bits per heavy atom. The largest absolute Gasteiger partial charge is 0.329 e. The Balaban J connectivity index is 1.98. The fourth-order valence-electron chi connectivity index (χ4n) is 2.05. The van der Waals surface area contributed by atoms with E-state index >= 15 is 0 Å². The van der Waals surface area contributed by atoms with Crippen molar-refractivity contribution in [3.8, 4) is 0 Å². The lowest BCUT2D eigenvalue weighted by molar-refractivity contribution is 0.862. The highest BCUT2D eigenvalue weighted by Crippen LogP contribution is 2.43. The second-order valence-electron chi connectivity index (χ2n) is 5.02. The zero-order valence-corrected chi connectivity index (χ0v) is 12.6. The van der Waals surface area contributed by atoms with Crippen LogP contribution in [0.25, 0.3) is 0 Å². The summed E-state index contributed by atoms with van der Waals surface area (Å²) in [6.07, 6.45) is 0. The molecule has 3 rings (SSSR count). The molecule has 1 N–H and O–H groups in total. The first-order valence-electron chi connectivity index (χ1n) is 6.81. The SMILES string of the molecule is CC(C)C1=NN(c2ccccc2)P(c2ccccc2)N1. The predicted molar refractivity (Wildman–Crippen MR) is 87.3 cm³/mol. The molecular weight excluding hydrogens is 265 g/mol. The molecule has 0 aromatic heterocycles. The number of hydrazone groups is 1. The molecule has 0 radical (unpaired) electrons. The molecule has 20 heavy (non-hydrogen) atoms. The lowest BCUT2D eigenvalue weighted by Gasteiger charge is -2.22. The van der Waals surface area contributed by atoms with Gasteiger partial charge in [0, 0.05) is 11.2 Å². The number of amidine groups is 1. The van der Waals surface area contributed by atoms with Gasteiger partial charge in [-0.25, -0.2) is 4.78 Å². The maximum atomic E-state index is 4.78. The summed E-state index contributed by atoms with van der Waals surface area (Å²) in [5, 5.41) is 9.66. The molecule has 0 fully saturated rings. The number of rotatable bonds is 3. The summed E-state index contributed by atoms with van der Waals surface area (Å²) in [5.41, 5.74) is 1.13. The van der Waals surface area contributed by atoms with Crippen LogP contribution in [-0.2, 0) is 0 Å². The number of hydrogen-bond donors (Lipinski definition) is 1. The molecule has 1 atom stereocenters. The van der Waals surface area contributed by atoms with Crippen LogP contribution in [0.15, 0.2) is 65.8 Å². The van der Waals surface area contributed by atoms with Gasteiger partial charge in [-0.2, -0.15) is 5.10 Å². The van der Waals surface area contributed by atoms with E-state index in [-0.39, 0.29) is 0 Å². The Morgan fingerprint density at radius 2 is 1.55 bits per heavy atom. The van der Waals surface area contributed by atoms with Crippen molar-refractivity contribution in [2.24, 2.45) is 11.0 Å². The van der Waals surface area contributed by atoms with E-state index in [1.165, 1.54) is 5.30 Å². The van der Waals surface area contributed by atoms with Gasteiger partial charge in [0.05, 0.1) is 5.69 Å². The highest BCUT2D eigenvalue weighted by Gasteiger charge is 2.29. The second-order valence-corrected chi connectivity index (χ2v) is 6.77. The van der Waals surface area contributed by atoms with Crippen LogP contribution in [-0.4, -0.2) is 5.84 Å². The van der Waals surface area contributed by atoms with Gasteiger partial charge in [-0.3, -0.25) is 0 Å². The molecule has 2 aromatic rings. The first kappa shape index (κ1) is 13.1. The standard InChI is InChI=1S/C16H18N3P/c1-13(2)16-17-19(14-9-5-3-6-10-14)20(18-16)15-11-7-4-8-12-15/h3-13H,1-2H3,(H,17,18). The lowest BCUT2D eigenvalue weighted by atomic mass is 10.2. The maximum absolute atomic E-state index is 4.78. The molecular formula is C16H18N3P. The predicted octanol–water partition coefficient (Wildman–Crippen LogP) is 3.70. The van der Waals surface area contributed by atoms with Crippen molar-refractivity contribution in [2.75, 3.05) is 4.78 Å². The van der Waals surface area contributed by atoms with E-state index in [1.54, 1.807) is 0 Å². The van der Waals surface area contributed by atoms with Crippen molar-refractivity contribution >= 4 is 25.1 Å². The number of anilines is 1. The van der Waals surface area contributed by atoms with Gasteiger partial charge < -0.3 is 5.09 Å². The average Bonchev–Trinajstić information content (AvgIpc) is 2.94. The summed E-state index contributed by atoms with van der Waals surface area (Å²) in [4.78, 5) is 0. The van der Waals surface area contributed by atoms with Crippen LogP contribution in [0.5, 0.6) is 0 Å². The minimum Gasteiger partial charge on any atom is -0.329 e. The smallest absolute Gasteiger partial charge is 0.149 e. The second kappa shape index (κ2) is 5.64. The molecule has 1 heterocycles. The molecule has 0 saturated heterocycles. The number of nitrogens with one attached hydrogen (secondary N) is 1. The van der Waals surface area contributed by atoms with Crippen LogP contribution < -0.4 is 15.2 Å². The molecule has 1 unspecified atom stereocenters. The van der Waals surface area contributed by atoms with Crippen LogP contribution in [0.3, 0.4) is 0 Å². The van der Waals surface area contributed by atoms with Gasteiger partial charge in [0.1, 0.15) is 14.1 Å². The van der Waals surface area contributed by atoms with Gasteiger partial charge in [0.25, 0.3) is 0 Å². The molecule has 1 aliphatic rings. The molecule has 1 aliphatic heterocycles. The number of para-hydroxylation sites is 1. The lowest BCUT2D eigenvalue weighted by Crippen LogP contribution is -2.24. The number of hydrogen-bond acceptors (Lipinski definition) is 3. The van der Waals surface area contributed by atoms with Crippen molar-refractivity contribution in [1.29, 1.82) is 0 Å². The van der Waals surface area contributed by atoms with Crippen molar-refractivity contribution in [1.82, 2.24) is 5.09 Å². The summed E-state index contributed by atoms with van der Waals surface area (Å²) < 4.78 is 2.12. The molecule has 3 nitrogen and oxygen atoms in total. The Hall–Kier alpha value is -1.86. The molecule has 102 valence electrons. The van der Waals surface area contributed by atoms with Gasteiger partial charge >= 0.3 is 0 Å². The van der Waals surface area contributed by atoms with Crippen molar-refractivity contribution < 1.29 is 0 Å². The minimum absolute atomic E-state index is 0.400. The van der Waals surface area contributed by atoms with Crippen LogP contribution in [0.1, 0.15) is 13.8 Å². The normalized spacial score (nSPS) is 18.1. The third-order valence-electron chi connectivity index (χ3n) is 3.15. The Kier molecular flexibility index (Phi) is 3.70. The molecule has 0 spiro atoms. The van der Waals surface area contributed by atoms with Crippen molar-refractivity contribution in [2.45, 2.75) is 13.8 Å². The van der Waals surface area contributed by atoms with Gasteiger partial charge in [-0.05, 0) is 12.1 Å². The molecule has 2 aromatic carbocycles. The summed E-state index contributed by atoms with van der Waals surface area (Å²) in [6, 6.07) is 20.9. The maximum Gasteiger partial charge on any atom is 0.149 e. The highest BCUT2D eigenvalue weighted by atomic mass is 31.1. The molecule has 0 aliphatic carbocycles. The highest BCUT2D eigenvalue weighted by molar-refractivity contribution is 7.66. The Bertz CT molecular complexity index is 596. The topological polar surface area (TPSA) is 27.6 Å². The van der Waals surface area contributed by atoms with E-state index in [1.807, 2.05) is 12.1 Å². The van der Waals surface area contributed by atoms with E-state index < -0.39 is 8.22 Å². The zero-order chi connectivity index (χ0) is 13.9. The quantitative estimate of drug-likeness (QED) is 0.870. The van der Waals surface area contributed by atoms with Crippen molar-refractivity contribution in [3.05, 3.63) is 60.7 Å². The first-order valence-corrected chi connectivity index (χ1v) is 8.10. The summed E-state index contributed by atoms with van der Waals surface area (Å²) >= 11 is 0. The molecule has 0 saturated carbocycles. The zero-order valence-electron chi connectivity index (χ0n) is 11.7. The van der Waals surface area contributed by atoms with Gasteiger partial charge in [0.15, 0.2) is 0 Å². The van der Waals surface area contributed by atoms with Crippen molar-refractivity contribution in [3.63, 3.8) is 0 Å². The minimum atomic E-state index is -0.672. The summed E-state index contributed by atoms with van der Waals surface area (Å²) in [7, 11) is -0.672.